The second-order valence-electron chi connectivity index (χ2n) is 2.20. The fourth-order valence-corrected chi connectivity index (χ4v) is 1.81. The number of fused-ring (bicyclic) bond motifs is 1. The fourth-order valence-electron chi connectivity index (χ4n) is 0.933. The lowest BCUT2D eigenvalue weighted by atomic mass is 10.4. The second kappa shape index (κ2) is 2.62. The number of carbonyl (C=O) groups is 1. The van der Waals surface area contributed by atoms with Crippen LogP contribution in [-0.4, -0.2) is 11.1 Å². The average molecular weight is 183 g/mol. The van der Waals surface area contributed by atoms with Gasteiger partial charge in [0, 0.05) is 6.07 Å². The maximum Gasteiger partial charge on any atom is 0.284 e. The van der Waals surface area contributed by atoms with Gasteiger partial charge in [-0.1, -0.05) is 0 Å². The molecule has 5 heteroatoms. The Hall–Kier alpha value is -1.33. The van der Waals surface area contributed by atoms with Crippen molar-refractivity contribution in [1.82, 2.24) is 5.48 Å². The number of rotatable bonds is 1. The maximum atomic E-state index is 10.9. The van der Waals surface area contributed by atoms with Gasteiger partial charge in [-0.2, -0.15) is 0 Å². The summed E-state index contributed by atoms with van der Waals surface area (Å²) in [5.74, 6) is -0.508. The number of amides is 1. The third-order valence-corrected chi connectivity index (χ3v) is 2.55. The Morgan fingerprint density at radius 3 is 3.17 bits per heavy atom. The number of carbonyl (C=O) groups excluding carboxylic acids is 1. The molecule has 0 aliphatic heterocycles. The van der Waals surface area contributed by atoms with Gasteiger partial charge in [-0.3, -0.25) is 10.0 Å². The Morgan fingerprint density at radius 2 is 2.50 bits per heavy atom. The van der Waals surface area contributed by atoms with Gasteiger partial charge < -0.3 is 4.42 Å². The van der Waals surface area contributed by atoms with E-state index in [1.807, 2.05) is 0 Å². The lowest BCUT2D eigenvalue weighted by molar-refractivity contribution is 0.0711. The molecule has 2 aromatic rings. The molecule has 12 heavy (non-hydrogen) atoms. The van der Waals surface area contributed by atoms with Crippen LogP contribution in [0.15, 0.2) is 22.8 Å². The zero-order chi connectivity index (χ0) is 8.55. The van der Waals surface area contributed by atoms with E-state index in [9.17, 15) is 4.79 Å². The summed E-state index contributed by atoms with van der Waals surface area (Å²) in [6, 6.07) is 3.36. The molecule has 0 atom stereocenters. The van der Waals surface area contributed by atoms with Crippen LogP contribution in [0, 0.1) is 0 Å². The zero-order valence-corrected chi connectivity index (χ0v) is 6.72. The molecule has 4 nitrogen and oxygen atoms in total. The first-order valence-corrected chi connectivity index (χ1v) is 4.04. The van der Waals surface area contributed by atoms with E-state index in [0.717, 1.165) is 4.70 Å². The van der Waals surface area contributed by atoms with E-state index in [1.165, 1.54) is 11.3 Å². The van der Waals surface area contributed by atoms with Crippen LogP contribution < -0.4 is 5.48 Å². The predicted octanol–water partition coefficient (Wildman–Crippen LogP) is 1.61. The first-order chi connectivity index (χ1) is 5.81. The van der Waals surface area contributed by atoms with Crippen LogP contribution in [-0.2, 0) is 0 Å². The molecule has 0 saturated carbocycles. The van der Waals surface area contributed by atoms with E-state index >= 15 is 0 Å². The van der Waals surface area contributed by atoms with Crippen molar-refractivity contribution < 1.29 is 14.4 Å². The largest absolute Gasteiger partial charge is 0.463 e. The SMILES string of the molecule is O=C(NO)c1cc2occc2s1. The molecule has 0 saturated heterocycles. The van der Waals surface area contributed by atoms with Crippen LogP contribution in [0.3, 0.4) is 0 Å². The minimum Gasteiger partial charge on any atom is -0.463 e. The van der Waals surface area contributed by atoms with E-state index in [0.29, 0.717) is 10.5 Å². The van der Waals surface area contributed by atoms with Crippen molar-refractivity contribution in [2.75, 3.05) is 0 Å². The number of nitrogens with one attached hydrogen (secondary N) is 1. The molecule has 0 bridgehead atoms. The molecule has 2 aromatic heterocycles. The molecule has 0 unspecified atom stereocenters. The van der Waals surface area contributed by atoms with E-state index in [2.05, 4.69) is 0 Å². The van der Waals surface area contributed by atoms with Crippen LogP contribution in [0.25, 0.3) is 10.3 Å². The predicted molar refractivity (Wildman–Crippen MR) is 43.3 cm³/mol. The number of hydrogen-bond donors (Lipinski definition) is 2. The first kappa shape index (κ1) is 7.33. The number of hydrogen-bond acceptors (Lipinski definition) is 4. The summed E-state index contributed by atoms with van der Waals surface area (Å²) in [4.78, 5) is 11.3. The number of hydroxylamine groups is 1. The topological polar surface area (TPSA) is 62.5 Å². The molecule has 62 valence electrons. The van der Waals surface area contributed by atoms with Gasteiger partial charge in [0.1, 0.15) is 5.58 Å². The van der Waals surface area contributed by atoms with Crippen LogP contribution in [0.1, 0.15) is 9.67 Å². The second-order valence-corrected chi connectivity index (χ2v) is 3.28. The van der Waals surface area contributed by atoms with E-state index in [1.54, 1.807) is 23.9 Å². The van der Waals surface area contributed by atoms with E-state index in [-0.39, 0.29) is 0 Å². The third kappa shape index (κ3) is 0.992. The lowest BCUT2D eigenvalue weighted by Gasteiger charge is -1.89. The molecule has 1 amide bonds. The van der Waals surface area contributed by atoms with Gasteiger partial charge in [-0.15, -0.1) is 11.3 Å². The Balaban J connectivity index is 2.51. The smallest absolute Gasteiger partial charge is 0.284 e. The van der Waals surface area contributed by atoms with Crippen molar-refractivity contribution in [2.24, 2.45) is 0 Å². The Bertz CT molecular complexity index is 388. The van der Waals surface area contributed by atoms with Crippen LogP contribution in [0.5, 0.6) is 0 Å². The van der Waals surface area contributed by atoms with E-state index < -0.39 is 5.91 Å². The quantitative estimate of drug-likeness (QED) is 0.521. The summed E-state index contributed by atoms with van der Waals surface area (Å²) in [7, 11) is 0. The van der Waals surface area contributed by atoms with Crippen LogP contribution >= 0.6 is 11.3 Å². The standard InChI is InChI=1S/C7H5NO3S/c9-7(8-10)6-3-4-5(12-6)1-2-11-4/h1-3,10H,(H,8,9). The van der Waals surface area contributed by atoms with Gasteiger partial charge in [-0.05, 0) is 6.07 Å². The summed E-state index contributed by atoms with van der Waals surface area (Å²) < 4.78 is 5.94. The molecular formula is C7H5NO3S. The summed E-state index contributed by atoms with van der Waals surface area (Å²) in [5, 5.41) is 8.33. The monoisotopic (exact) mass is 183 g/mol. The van der Waals surface area contributed by atoms with Crippen molar-refractivity contribution in [3.8, 4) is 0 Å². The summed E-state index contributed by atoms with van der Waals surface area (Å²) in [6.07, 6.45) is 1.56. The van der Waals surface area contributed by atoms with Gasteiger partial charge >= 0.3 is 0 Å². The lowest BCUT2D eigenvalue weighted by Crippen LogP contribution is -2.16. The van der Waals surface area contributed by atoms with Crippen LogP contribution in [0.2, 0.25) is 0 Å². The molecule has 0 spiro atoms. The Labute approximate surface area is 71.4 Å². The van der Waals surface area contributed by atoms with Gasteiger partial charge in [0.25, 0.3) is 5.91 Å². The molecule has 0 aromatic carbocycles. The number of furan rings is 1. The van der Waals surface area contributed by atoms with Gasteiger partial charge in [0.2, 0.25) is 0 Å². The highest BCUT2D eigenvalue weighted by molar-refractivity contribution is 7.20. The van der Waals surface area contributed by atoms with Gasteiger partial charge in [0.15, 0.2) is 0 Å². The van der Waals surface area contributed by atoms with Gasteiger partial charge in [0.05, 0.1) is 15.8 Å². The highest BCUT2D eigenvalue weighted by Crippen LogP contribution is 2.25. The molecule has 0 fully saturated rings. The van der Waals surface area contributed by atoms with Crippen molar-refractivity contribution in [2.45, 2.75) is 0 Å². The Kier molecular flexibility index (Phi) is 1.60. The molecule has 2 heterocycles. The normalized spacial score (nSPS) is 10.4. The Morgan fingerprint density at radius 1 is 1.67 bits per heavy atom. The molecular weight excluding hydrogens is 178 g/mol. The fraction of sp³-hybridized carbons (Fsp3) is 0. The van der Waals surface area contributed by atoms with E-state index in [4.69, 9.17) is 9.62 Å². The first-order valence-electron chi connectivity index (χ1n) is 3.23. The number of thiophene rings is 1. The minimum atomic E-state index is -0.508. The average Bonchev–Trinajstić information content (AvgIpc) is 2.60. The van der Waals surface area contributed by atoms with Crippen molar-refractivity contribution in [1.29, 1.82) is 0 Å². The van der Waals surface area contributed by atoms with Crippen molar-refractivity contribution >= 4 is 27.5 Å². The highest BCUT2D eigenvalue weighted by atomic mass is 32.1. The van der Waals surface area contributed by atoms with Gasteiger partial charge in [-0.25, -0.2) is 5.48 Å². The maximum absolute atomic E-state index is 10.9. The summed E-state index contributed by atoms with van der Waals surface area (Å²) >= 11 is 1.27. The third-order valence-electron chi connectivity index (χ3n) is 1.46. The molecule has 0 radical (unpaired) electrons. The van der Waals surface area contributed by atoms with Crippen molar-refractivity contribution in [3.05, 3.63) is 23.3 Å². The summed E-state index contributed by atoms with van der Waals surface area (Å²) in [5.41, 5.74) is 2.23. The minimum absolute atomic E-state index is 0.437. The van der Waals surface area contributed by atoms with Crippen LogP contribution in [0.4, 0.5) is 0 Å². The van der Waals surface area contributed by atoms with Crippen molar-refractivity contribution in [3.63, 3.8) is 0 Å². The summed E-state index contributed by atoms with van der Waals surface area (Å²) in [6.45, 7) is 0. The molecule has 2 rings (SSSR count). The molecule has 0 aliphatic carbocycles. The molecule has 2 N–H and O–H groups in total. The molecule has 0 aliphatic rings. The zero-order valence-electron chi connectivity index (χ0n) is 5.90. The highest BCUT2D eigenvalue weighted by Gasteiger charge is 2.10.